The fraction of sp³-hybridized carbons (Fsp3) is 0.909. The quantitative estimate of drug-likeness (QED) is 0.755. The average molecular weight is 250 g/mol. The predicted octanol–water partition coefficient (Wildman–Crippen LogP) is 0.860. The molecular formula is C11H20ClNO3. The number of morpholine rings is 1. The first-order chi connectivity index (χ1) is 7.42. The summed E-state index contributed by atoms with van der Waals surface area (Å²) < 4.78 is 5.39. The highest BCUT2D eigenvalue weighted by molar-refractivity contribution is 6.19. The van der Waals surface area contributed by atoms with E-state index < -0.39 is 5.41 Å². The summed E-state index contributed by atoms with van der Waals surface area (Å²) in [6, 6.07) is 0.0396. The van der Waals surface area contributed by atoms with Gasteiger partial charge in [-0.2, -0.15) is 0 Å². The number of rotatable bonds is 3. The van der Waals surface area contributed by atoms with Crippen LogP contribution in [-0.4, -0.2) is 53.7 Å². The number of alkyl halides is 1. The molecule has 0 radical (unpaired) electrons. The van der Waals surface area contributed by atoms with Crippen molar-refractivity contribution in [2.75, 3.05) is 25.6 Å². The number of nitrogens with zero attached hydrogens (tertiary/aromatic N) is 1. The molecule has 0 aromatic carbocycles. The SMILES string of the molecule is CC1COC(CO)CN1C(=O)C(C)(C)CCl. The fourth-order valence-corrected chi connectivity index (χ4v) is 1.77. The van der Waals surface area contributed by atoms with E-state index in [-0.39, 0.29) is 24.7 Å². The van der Waals surface area contributed by atoms with Gasteiger partial charge in [-0.15, -0.1) is 11.6 Å². The van der Waals surface area contributed by atoms with Crippen LogP contribution in [0.2, 0.25) is 0 Å². The molecule has 1 rings (SSSR count). The Morgan fingerprint density at radius 3 is 2.75 bits per heavy atom. The molecule has 0 aromatic heterocycles. The molecule has 0 saturated carbocycles. The summed E-state index contributed by atoms with van der Waals surface area (Å²) >= 11 is 5.80. The van der Waals surface area contributed by atoms with Gasteiger partial charge in [0.25, 0.3) is 0 Å². The number of aliphatic hydroxyl groups excluding tert-OH is 1. The maximum absolute atomic E-state index is 12.2. The highest BCUT2D eigenvalue weighted by Crippen LogP contribution is 2.24. The number of hydrogen-bond donors (Lipinski definition) is 1. The summed E-state index contributed by atoms with van der Waals surface area (Å²) in [7, 11) is 0. The highest BCUT2D eigenvalue weighted by atomic mass is 35.5. The summed E-state index contributed by atoms with van der Waals surface area (Å²) in [6.45, 7) is 6.46. The van der Waals surface area contributed by atoms with Gasteiger partial charge in [0.1, 0.15) is 0 Å². The molecule has 16 heavy (non-hydrogen) atoms. The zero-order valence-corrected chi connectivity index (χ0v) is 10.8. The van der Waals surface area contributed by atoms with Crippen LogP contribution in [0.15, 0.2) is 0 Å². The number of carbonyl (C=O) groups excluding carboxylic acids is 1. The van der Waals surface area contributed by atoms with Gasteiger partial charge in [-0.05, 0) is 20.8 Å². The Hall–Kier alpha value is -0.320. The Morgan fingerprint density at radius 2 is 2.25 bits per heavy atom. The first-order valence-corrected chi connectivity index (χ1v) is 6.05. The minimum Gasteiger partial charge on any atom is -0.394 e. The number of ether oxygens (including phenoxy) is 1. The van der Waals surface area contributed by atoms with Crippen molar-refractivity contribution in [3.8, 4) is 0 Å². The van der Waals surface area contributed by atoms with Gasteiger partial charge in [0.2, 0.25) is 5.91 Å². The number of hydrogen-bond acceptors (Lipinski definition) is 3. The van der Waals surface area contributed by atoms with E-state index in [1.165, 1.54) is 0 Å². The van der Waals surface area contributed by atoms with E-state index in [0.29, 0.717) is 19.0 Å². The first kappa shape index (κ1) is 13.7. The second kappa shape index (κ2) is 5.34. The van der Waals surface area contributed by atoms with Gasteiger partial charge in [-0.3, -0.25) is 4.79 Å². The monoisotopic (exact) mass is 249 g/mol. The normalized spacial score (nSPS) is 26.9. The molecule has 1 fully saturated rings. The Bertz CT molecular complexity index is 258. The Balaban J connectivity index is 2.73. The molecule has 1 saturated heterocycles. The second-order valence-electron chi connectivity index (χ2n) is 4.96. The Labute approximate surface area is 102 Å². The molecular weight excluding hydrogens is 230 g/mol. The first-order valence-electron chi connectivity index (χ1n) is 5.52. The number of amides is 1. The molecule has 0 aliphatic carbocycles. The van der Waals surface area contributed by atoms with Crippen LogP contribution in [0, 0.1) is 5.41 Å². The van der Waals surface area contributed by atoms with Crippen LogP contribution in [-0.2, 0) is 9.53 Å². The molecule has 5 heteroatoms. The molecule has 0 aromatic rings. The Kier molecular flexibility index (Phi) is 4.59. The lowest BCUT2D eigenvalue weighted by Gasteiger charge is -2.40. The van der Waals surface area contributed by atoms with Crippen molar-refractivity contribution < 1.29 is 14.6 Å². The van der Waals surface area contributed by atoms with Crippen molar-refractivity contribution in [3.63, 3.8) is 0 Å². The zero-order valence-electron chi connectivity index (χ0n) is 10.1. The third-order valence-electron chi connectivity index (χ3n) is 2.88. The standard InChI is InChI=1S/C11H20ClNO3/c1-8-6-16-9(5-14)4-13(8)10(15)11(2,3)7-12/h8-9,14H,4-7H2,1-3H3. The number of halogens is 1. The minimum atomic E-state index is -0.562. The minimum absolute atomic E-state index is 0.0248. The number of carbonyl (C=O) groups is 1. The smallest absolute Gasteiger partial charge is 0.229 e. The molecule has 4 nitrogen and oxygen atoms in total. The van der Waals surface area contributed by atoms with Gasteiger partial charge in [0.15, 0.2) is 0 Å². The van der Waals surface area contributed by atoms with Gasteiger partial charge in [-0.25, -0.2) is 0 Å². The third-order valence-corrected chi connectivity index (χ3v) is 3.55. The van der Waals surface area contributed by atoms with Crippen molar-refractivity contribution in [2.24, 2.45) is 5.41 Å². The van der Waals surface area contributed by atoms with E-state index in [0.717, 1.165) is 0 Å². The van der Waals surface area contributed by atoms with Crippen LogP contribution >= 0.6 is 11.6 Å². The van der Waals surface area contributed by atoms with Gasteiger partial charge in [0, 0.05) is 12.4 Å². The van der Waals surface area contributed by atoms with Gasteiger partial charge >= 0.3 is 0 Å². The maximum Gasteiger partial charge on any atom is 0.229 e. The molecule has 94 valence electrons. The van der Waals surface area contributed by atoms with Crippen molar-refractivity contribution in [2.45, 2.75) is 32.9 Å². The fourth-order valence-electron chi connectivity index (χ4n) is 1.66. The summed E-state index contributed by atoms with van der Waals surface area (Å²) in [6.07, 6.45) is -0.272. The third kappa shape index (κ3) is 2.87. The second-order valence-corrected chi connectivity index (χ2v) is 5.23. The molecule has 2 atom stereocenters. The van der Waals surface area contributed by atoms with Crippen molar-refractivity contribution in [3.05, 3.63) is 0 Å². The van der Waals surface area contributed by atoms with E-state index in [9.17, 15) is 4.79 Å². The highest BCUT2D eigenvalue weighted by Gasteiger charge is 2.37. The molecule has 1 aliphatic heterocycles. The molecule has 1 heterocycles. The van der Waals surface area contributed by atoms with Crippen molar-refractivity contribution in [1.82, 2.24) is 4.90 Å². The molecule has 2 unspecified atom stereocenters. The van der Waals surface area contributed by atoms with Crippen LogP contribution in [0.25, 0.3) is 0 Å². The van der Waals surface area contributed by atoms with Crippen LogP contribution in [0.3, 0.4) is 0 Å². The van der Waals surface area contributed by atoms with Gasteiger partial charge in [-0.1, -0.05) is 0 Å². The summed E-state index contributed by atoms with van der Waals surface area (Å²) in [5.41, 5.74) is -0.562. The van der Waals surface area contributed by atoms with E-state index in [4.69, 9.17) is 21.4 Å². The van der Waals surface area contributed by atoms with Crippen LogP contribution in [0.1, 0.15) is 20.8 Å². The topological polar surface area (TPSA) is 49.8 Å². The van der Waals surface area contributed by atoms with Gasteiger partial charge in [0.05, 0.1) is 30.8 Å². The van der Waals surface area contributed by atoms with E-state index >= 15 is 0 Å². The molecule has 1 aliphatic rings. The zero-order chi connectivity index (χ0) is 12.3. The van der Waals surface area contributed by atoms with E-state index in [1.54, 1.807) is 4.90 Å². The van der Waals surface area contributed by atoms with Crippen LogP contribution < -0.4 is 0 Å². The van der Waals surface area contributed by atoms with Gasteiger partial charge < -0.3 is 14.7 Å². The lowest BCUT2D eigenvalue weighted by atomic mass is 9.93. The Morgan fingerprint density at radius 1 is 1.62 bits per heavy atom. The van der Waals surface area contributed by atoms with E-state index in [1.807, 2.05) is 20.8 Å². The molecule has 0 bridgehead atoms. The lowest BCUT2D eigenvalue weighted by molar-refractivity contribution is -0.154. The predicted molar refractivity (Wildman–Crippen MR) is 62.5 cm³/mol. The van der Waals surface area contributed by atoms with E-state index in [2.05, 4.69) is 0 Å². The van der Waals surface area contributed by atoms with Crippen LogP contribution in [0.4, 0.5) is 0 Å². The average Bonchev–Trinajstić information content (AvgIpc) is 2.29. The molecule has 1 amide bonds. The van der Waals surface area contributed by atoms with Crippen LogP contribution in [0.5, 0.6) is 0 Å². The maximum atomic E-state index is 12.2. The lowest BCUT2D eigenvalue weighted by Crippen LogP contribution is -2.55. The molecule has 0 spiro atoms. The largest absolute Gasteiger partial charge is 0.394 e. The number of aliphatic hydroxyl groups is 1. The van der Waals surface area contributed by atoms with Crippen molar-refractivity contribution in [1.29, 1.82) is 0 Å². The summed E-state index contributed by atoms with van der Waals surface area (Å²) in [5, 5.41) is 9.05. The van der Waals surface area contributed by atoms with Crippen molar-refractivity contribution >= 4 is 17.5 Å². The summed E-state index contributed by atoms with van der Waals surface area (Å²) in [4.78, 5) is 14.0. The summed E-state index contributed by atoms with van der Waals surface area (Å²) in [5.74, 6) is 0.316. The molecule has 1 N–H and O–H groups in total.